The molecule has 0 unspecified atom stereocenters. The summed E-state index contributed by atoms with van der Waals surface area (Å²) in [6, 6.07) is 11.3. The summed E-state index contributed by atoms with van der Waals surface area (Å²) in [5, 5.41) is 6.22. The number of benzene rings is 1. The van der Waals surface area contributed by atoms with Gasteiger partial charge >= 0.3 is 5.69 Å². The van der Waals surface area contributed by atoms with Crippen molar-refractivity contribution in [3.63, 3.8) is 0 Å². The average Bonchev–Trinajstić information content (AvgIpc) is 3.34. The van der Waals surface area contributed by atoms with Gasteiger partial charge in [-0.2, -0.15) is 4.52 Å². The first kappa shape index (κ1) is 19.0. The molecule has 0 atom stereocenters. The van der Waals surface area contributed by atoms with Crippen molar-refractivity contribution in [1.29, 1.82) is 0 Å². The molecule has 0 aliphatic carbocycles. The van der Waals surface area contributed by atoms with Crippen LogP contribution in [-0.4, -0.2) is 24.1 Å². The minimum absolute atomic E-state index is 0.209. The molecule has 0 amide bonds. The Morgan fingerprint density at radius 1 is 1.17 bits per heavy atom. The second kappa shape index (κ2) is 7.34. The topological polar surface area (TPSA) is 65.1 Å². The highest BCUT2D eigenvalue weighted by Gasteiger charge is 2.21. The Bertz CT molecular complexity index is 1430. The minimum Gasteiger partial charge on any atom is -0.278 e. The molecule has 0 aliphatic rings. The molecule has 0 spiro atoms. The quantitative estimate of drug-likeness (QED) is 0.409. The van der Waals surface area contributed by atoms with E-state index in [-0.39, 0.29) is 5.69 Å². The number of aromatic nitrogens is 5. The molecule has 4 heterocycles. The van der Waals surface area contributed by atoms with Gasteiger partial charge in [0.05, 0.1) is 11.9 Å². The fraction of sp³-hybridized carbons (Fsp3) is 0.182. The first-order valence-electron chi connectivity index (χ1n) is 9.63. The summed E-state index contributed by atoms with van der Waals surface area (Å²) in [5.74, 6) is 0.497. The smallest absolute Gasteiger partial charge is 0.278 e. The van der Waals surface area contributed by atoms with Gasteiger partial charge in [0.15, 0.2) is 11.5 Å². The van der Waals surface area contributed by atoms with Crippen molar-refractivity contribution in [2.45, 2.75) is 26.8 Å². The highest BCUT2D eigenvalue weighted by Crippen LogP contribution is 2.33. The molecule has 30 heavy (non-hydrogen) atoms. The summed E-state index contributed by atoms with van der Waals surface area (Å²) >= 11 is 7.66. The van der Waals surface area contributed by atoms with Crippen LogP contribution < -0.4 is 5.69 Å². The minimum atomic E-state index is -0.209. The predicted octanol–water partition coefficient (Wildman–Crippen LogP) is 4.74. The zero-order valence-corrected chi connectivity index (χ0v) is 18.0. The van der Waals surface area contributed by atoms with E-state index >= 15 is 0 Å². The molecule has 5 aromatic rings. The van der Waals surface area contributed by atoms with E-state index in [4.69, 9.17) is 16.6 Å². The predicted molar refractivity (Wildman–Crippen MR) is 121 cm³/mol. The van der Waals surface area contributed by atoms with Crippen LogP contribution in [0.15, 0.2) is 53.6 Å². The van der Waals surface area contributed by atoms with Crippen molar-refractivity contribution in [3.8, 4) is 11.4 Å². The lowest BCUT2D eigenvalue weighted by Gasteiger charge is -2.09. The van der Waals surface area contributed by atoms with E-state index in [9.17, 15) is 4.79 Å². The Balaban J connectivity index is 1.82. The maximum Gasteiger partial charge on any atom is 0.352 e. The number of nitrogens with zero attached hydrogens (tertiary/aromatic N) is 5. The number of hydrogen-bond donors (Lipinski definition) is 0. The molecule has 0 N–H and O–H groups in total. The Labute approximate surface area is 181 Å². The SMILES string of the molecule is CCc1c(C)sc2c1c1nc(-c3cccnc3)nn1c(=O)n2Cc1ccc(Cl)cc1. The van der Waals surface area contributed by atoms with Crippen LogP contribution >= 0.6 is 22.9 Å². The van der Waals surface area contributed by atoms with E-state index in [1.807, 2.05) is 36.4 Å². The van der Waals surface area contributed by atoms with Crippen LogP contribution in [0.4, 0.5) is 0 Å². The Hall–Kier alpha value is -3.03. The molecule has 5 rings (SSSR count). The molecular formula is C22H18ClN5OS. The lowest BCUT2D eigenvalue weighted by molar-refractivity contribution is 0.720. The molecule has 0 fully saturated rings. The first-order chi connectivity index (χ1) is 14.6. The van der Waals surface area contributed by atoms with E-state index in [2.05, 4.69) is 23.9 Å². The van der Waals surface area contributed by atoms with Crippen LogP contribution in [-0.2, 0) is 13.0 Å². The zero-order valence-electron chi connectivity index (χ0n) is 16.5. The standard InChI is InChI=1S/C22H18ClN5OS/c1-3-17-13(2)30-21-18(17)20-25-19(15-5-4-10-24-11-15)26-28(20)22(29)27(21)12-14-6-8-16(23)9-7-14/h4-11H,3,12H2,1-2H3. The van der Waals surface area contributed by atoms with E-state index < -0.39 is 0 Å². The molecule has 6 nitrogen and oxygen atoms in total. The third kappa shape index (κ3) is 3.02. The van der Waals surface area contributed by atoms with E-state index in [0.717, 1.165) is 27.8 Å². The summed E-state index contributed by atoms with van der Waals surface area (Å²) in [7, 11) is 0. The van der Waals surface area contributed by atoms with Crippen molar-refractivity contribution in [3.05, 3.63) is 80.3 Å². The lowest BCUT2D eigenvalue weighted by Crippen LogP contribution is -2.28. The van der Waals surface area contributed by atoms with Crippen molar-refractivity contribution < 1.29 is 0 Å². The average molecular weight is 436 g/mol. The first-order valence-corrected chi connectivity index (χ1v) is 10.8. The van der Waals surface area contributed by atoms with Crippen LogP contribution in [0.2, 0.25) is 5.02 Å². The van der Waals surface area contributed by atoms with Gasteiger partial charge in [0.25, 0.3) is 0 Å². The molecule has 0 radical (unpaired) electrons. The second-order valence-electron chi connectivity index (χ2n) is 7.08. The summed E-state index contributed by atoms with van der Waals surface area (Å²) in [6.07, 6.45) is 4.27. The van der Waals surface area contributed by atoms with Gasteiger partial charge in [0.2, 0.25) is 0 Å². The molecule has 4 aromatic heterocycles. The molecule has 0 bridgehead atoms. The summed E-state index contributed by atoms with van der Waals surface area (Å²) in [6.45, 7) is 4.65. The van der Waals surface area contributed by atoms with Crippen LogP contribution in [0.1, 0.15) is 22.9 Å². The highest BCUT2D eigenvalue weighted by molar-refractivity contribution is 7.19. The van der Waals surface area contributed by atoms with Gasteiger partial charge in [-0.25, -0.2) is 9.78 Å². The van der Waals surface area contributed by atoms with Crippen LogP contribution in [0.25, 0.3) is 27.3 Å². The summed E-state index contributed by atoms with van der Waals surface area (Å²) < 4.78 is 3.20. The molecule has 150 valence electrons. The fourth-order valence-electron chi connectivity index (χ4n) is 3.75. The summed E-state index contributed by atoms with van der Waals surface area (Å²) in [4.78, 5) is 24.5. The van der Waals surface area contributed by atoms with Gasteiger partial charge in [-0.05, 0) is 48.7 Å². The van der Waals surface area contributed by atoms with Gasteiger partial charge in [0, 0.05) is 27.9 Å². The van der Waals surface area contributed by atoms with Gasteiger partial charge in [0.1, 0.15) is 4.83 Å². The second-order valence-corrected chi connectivity index (χ2v) is 8.72. The molecular weight excluding hydrogens is 418 g/mol. The van der Waals surface area contributed by atoms with Gasteiger partial charge in [-0.1, -0.05) is 30.7 Å². The largest absolute Gasteiger partial charge is 0.352 e. The number of hydrogen-bond acceptors (Lipinski definition) is 5. The van der Waals surface area contributed by atoms with Crippen LogP contribution in [0.5, 0.6) is 0 Å². The van der Waals surface area contributed by atoms with Crippen LogP contribution in [0.3, 0.4) is 0 Å². The number of pyridine rings is 1. The number of aryl methyl sites for hydroxylation is 2. The number of fused-ring (bicyclic) bond motifs is 3. The zero-order chi connectivity index (χ0) is 20.8. The maximum atomic E-state index is 13.5. The normalized spacial score (nSPS) is 11.6. The lowest BCUT2D eigenvalue weighted by atomic mass is 10.1. The van der Waals surface area contributed by atoms with Crippen molar-refractivity contribution >= 4 is 38.8 Å². The Kier molecular flexibility index (Phi) is 4.64. The molecule has 0 aliphatic heterocycles. The Morgan fingerprint density at radius 3 is 2.67 bits per heavy atom. The van der Waals surface area contributed by atoms with E-state index in [1.165, 1.54) is 15.0 Å². The summed E-state index contributed by atoms with van der Waals surface area (Å²) in [5.41, 5.74) is 3.37. The fourth-order valence-corrected chi connectivity index (χ4v) is 5.10. The van der Waals surface area contributed by atoms with Crippen molar-refractivity contribution in [2.24, 2.45) is 0 Å². The molecule has 8 heteroatoms. The molecule has 0 saturated heterocycles. The molecule has 1 aromatic carbocycles. The monoisotopic (exact) mass is 435 g/mol. The van der Waals surface area contributed by atoms with E-state index in [0.29, 0.717) is 23.0 Å². The van der Waals surface area contributed by atoms with Gasteiger partial charge in [-0.3, -0.25) is 9.55 Å². The highest BCUT2D eigenvalue weighted by atomic mass is 35.5. The molecule has 0 saturated carbocycles. The van der Waals surface area contributed by atoms with Crippen LogP contribution in [0, 0.1) is 6.92 Å². The number of thiophene rings is 1. The van der Waals surface area contributed by atoms with Crippen molar-refractivity contribution in [1.82, 2.24) is 24.1 Å². The third-order valence-corrected chi connectivity index (χ3v) is 6.63. The van der Waals surface area contributed by atoms with Crippen molar-refractivity contribution in [2.75, 3.05) is 0 Å². The maximum absolute atomic E-state index is 13.5. The van der Waals surface area contributed by atoms with Gasteiger partial charge < -0.3 is 0 Å². The third-order valence-electron chi connectivity index (χ3n) is 5.21. The number of halogens is 1. The number of rotatable bonds is 4. The van der Waals surface area contributed by atoms with E-state index in [1.54, 1.807) is 28.3 Å². The van der Waals surface area contributed by atoms with Gasteiger partial charge in [-0.15, -0.1) is 16.4 Å². The Morgan fingerprint density at radius 2 is 1.97 bits per heavy atom.